The van der Waals surface area contributed by atoms with E-state index in [1.807, 2.05) is 0 Å². The molecule has 0 aromatic carbocycles. The average Bonchev–Trinajstić information content (AvgIpc) is 0. The van der Waals surface area contributed by atoms with Crippen LogP contribution < -0.4 is 12.4 Å². The Morgan fingerprint density at radius 1 is 0.750 bits per heavy atom. The van der Waals surface area contributed by atoms with Gasteiger partial charge in [-0.3, -0.25) is 0 Å². The van der Waals surface area contributed by atoms with Gasteiger partial charge in [0.05, 0.1) is 0 Å². The van der Waals surface area contributed by atoms with E-state index in [-0.39, 0.29) is 42.8 Å². The summed E-state index contributed by atoms with van der Waals surface area (Å²) in [6, 6.07) is 0. The Morgan fingerprint density at radius 3 is 0.750 bits per heavy atom. The molecule has 4 heavy (non-hydrogen) atoms. The van der Waals surface area contributed by atoms with Crippen molar-refractivity contribution in [2.45, 2.75) is 0 Å². The van der Waals surface area contributed by atoms with Gasteiger partial charge >= 0.3 is 19.5 Å². The summed E-state index contributed by atoms with van der Waals surface area (Å²) in [4.78, 5) is 0. The molecule has 2 nitrogen and oxygen atoms in total. The topological polar surface area (TPSA) is 63.0 Å². The van der Waals surface area contributed by atoms with Gasteiger partial charge in [-0.25, -0.2) is 0 Å². The van der Waals surface area contributed by atoms with Crippen molar-refractivity contribution in [3.8, 4) is 0 Å². The van der Waals surface area contributed by atoms with Crippen molar-refractivity contribution in [3.63, 3.8) is 0 Å². The summed E-state index contributed by atoms with van der Waals surface area (Å²) in [6.45, 7) is 0. The second-order valence-corrected chi connectivity index (χ2v) is 0. The third kappa shape index (κ3) is 13.7. The van der Waals surface area contributed by atoms with E-state index < -0.39 is 0 Å². The fraction of sp³-hybridized carbons (Fsp3) is 0. The second-order valence-electron chi connectivity index (χ2n) is 0. The van der Waals surface area contributed by atoms with E-state index in [1.54, 1.807) is 0 Å². The molecule has 0 unspecified atom stereocenters. The molecular formula is H4ClO2Rh+. The molecule has 0 bridgehead atoms. The molecule has 0 fully saturated rings. The molecule has 0 atom stereocenters. The third-order valence-corrected chi connectivity index (χ3v) is 0. The van der Waals surface area contributed by atoms with Crippen LogP contribution in [-0.4, -0.2) is 11.0 Å². The summed E-state index contributed by atoms with van der Waals surface area (Å²) in [7, 11) is 0. The van der Waals surface area contributed by atoms with E-state index in [9.17, 15) is 0 Å². The minimum Gasteiger partial charge on any atom is -1.00 e. The van der Waals surface area contributed by atoms with Crippen LogP contribution in [0.5, 0.6) is 0 Å². The molecule has 4 N–H and O–H groups in total. The first kappa shape index (κ1) is 102. The molecule has 0 saturated heterocycles. The van der Waals surface area contributed by atoms with Crippen LogP contribution in [0.1, 0.15) is 0 Å². The third-order valence-electron chi connectivity index (χ3n) is 0. The van der Waals surface area contributed by atoms with Crippen molar-refractivity contribution < 1.29 is 42.8 Å². The molecule has 0 aromatic heterocycles. The fourth-order valence-corrected chi connectivity index (χ4v) is 0. The maximum atomic E-state index is 0. The van der Waals surface area contributed by atoms with Gasteiger partial charge in [0.1, 0.15) is 0 Å². The molecule has 0 heterocycles. The molecule has 4 heteroatoms. The summed E-state index contributed by atoms with van der Waals surface area (Å²) >= 11 is 0. The molecular weight excluding hydrogens is 170 g/mol. The molecule has 0 spiro atoms. The van der Waals surface area contributed by atoms with Crippen molar-refractivity contribution in [1.29, 1.82) is 0 Å². The van der Waals surface area contributed by atoms with Crippen LogP contribution in [0, 0.1) is 0 Å². The van der Waals surface area contributed by atoms with Crippen LogP contribution in [0.2, 0.25) is 0 Å². The number of halogens is 1. The zero-order chi connectivity index (χ0) is 0. The summed E-state index contributed by atoms with van der Waals surface area (Å²) in [5.74, 6) is 0. The van der Waals surface area contributed by atoms with Gasteiger partial charge in [0.25, 0.3) is 0 Å². The molecule has 0 aliphatic rings. The van der Waals surface area contributed by atoms with E-state index in [0.29, 0.717) is 0 Å². The van der Waals surface area contributed by atoms with Gasteiger partial charge in [0.2, 0.25) is 0 Å². The predicted molar refractivity (Wildman–Crippen MR) is 7.23 cm³/mol. The Kier molecular flexibility index (Phi) is 1130. The zero-order valence-electron chi connectivity index (χ0n) is 1.71. The Labute approximate surface area is 43.4 Å². The van der Waals surface area contributed by atoms with Gasteiger partial charge in [0.15, 0.2) is 0 Å². The minimum atomic E-state index is 0. The van der Waals surface area contributed by atoms with E-state index in [0.717, 1.165) is 0 Å². The van der Waals surface area contributed by atoms with E-state index in [1.165, 1.54) is 0 Å². The van der Waals surface area contributed by atoms with Crippen molar-refractivity contribution in [2.75, 3.05) is 0 Å². The first-order chi connectivity index (χ1) is 0. The standard InChI is InChI=1S/ClH.2H2O.Rh/h1H;2*1H2;/q;;;+2/p-1. The molecule has 0 aromatic rings. The number of hydrogen-bond acceptors (Lipinski definition) is 0. The maximum absolute atomic E-state index is 0. The summed E-state index contributed by atoms with van der Waals surface area (Å²) in [5, 5.41) is 0. The maximum Gasteiger partial charge on any atom is 2.00 e. The largest absolute Gasteiger partial charge is 2.00 e. The average molecular weight is 174 g/mol. The Hall–Kier alpha value is 0.833. The van der Waals surface area contributed by atoms with Crippen LogP contribution in [0.25, 0.3) is 0 Å². The predicted octanol–water partition coefficient (Wildman–Crippen LogP) is -4.65. The van der Waals surface area contributed by atoms with Gasteiger partial charge in [-0.05, 0) is 0 Å². The Bertz CT molecular complexity index is 6.00. The normalized spacial score (nSPS) is 0. The van der Waals surface area contributed by atoms with Gasteiger partial charge in [0, 0.05) is 0 Å². The summed E-state index contributed by atoms with van der Waals surface area (Å²) in [6.07, 6.45) is 0. The van der Waals surface area contributed by atoms with Crippen molar-refractivity contribution in [3.05, 3.63) is 0 Å². The number of rotatable bonds is 0. The minimum absolute atomic E-state index is 0. The molecule has 31 valence electrons. The molecule has 0 aliphatic carbocycles. The first-order valence-electron chi connectivity index (χ1n) is 0. The first-order valence-corrected chi connectivity index (χ1v) is 0. The van der Waals surface area contributed by atoms with E-state index >= 15 is 0 Å². The van der Waals surface area contributed by atoms with Crippen molar-refractivity contribution in [2.24, 2.45) is 0 Å². The van der Waals surface area contributed by atoms with Crippen LogP contribution in [0.4, 0.5) is 0 Å². The molecule has 0 rings (SSSR count). The van der Waals surface area contributed by atoms with E-state index in [4.69, 9.17) is 0 Å². The number of hydrogen-bond donors (Lipinski definition) is 0. The van der Waals surface area contributed by atoms with E-state index in [2.05, 4.69) is 0 Å². The van der Waals surface area contributed by atoms with Gasteiger partial charge in [-0.15, -0.1) is 0 Å². The molecule has 0 amide bonds. The van der Waals surface area contributed by atoms with Crippen molar-refractivity contribution in [1.82, 2.24) is 0 Å². The second kappa shape index (κ2) is 44.3. The van der Waals surface area contributed by atoms with Crippen LogP contribution in [-0.2, 0) is 19.5 Å². The van der Waals surface area contributed by atoms with Gasteiger partial charge < -0.3 is 23.4 Å². The fourth-order valence-electron chi connectivity index (χ4n) is 0. The smallest absolute Gasteiger partial charge is 1.00 e. The van der Waals surface area contributed by atoms with Crippen LogP contribution in [0.3, 0.4) is 0 Å². The SMILES string of the molecule is O.O.[Cl-].[Rh+2]. The van der Waals surface area contributed by atoms with Crippen LogP contribution >= 0.6 is 0 Å². The van der Waals surface area contributed by atoms with Crippen molar-refractivity contribution >= 4 is 0 Å². The van der Waals surface area contributed by atoms with Crippen LogP contribution in [0.15, 0.2) is 0 Å². The quantitative estimate of drug-likeness (QED) is 0.332. The van der Waals surface area contributed by atoms with Gasteiger partial charge in [-0.2, -0.15) is 0 Å². The monoisotopic (exact) mass is 174 g/mol. The molecule has 0 aliphatic heterocycles. The molecule has 1 radical (unpaired) electrons. The zero-order valence-corrected chi connectivity index (χ0v) is 4.11. The Morgan fingerprint density at radius 2 is 0.750 bits per heavy atom. The van der Waals surface area contributed by atoms with Gasteiger partial charge in [-0.1, -0.05) is 0 Å². The summed E-state index contributed by atoms with van der Waals surface area (Å²) < 4.78 is 0. The Balaban J connectivity index is 0. The molecule has 0 saturated carbocycles. The summed E-state index contributed by atoms with van der Waals surface area (Å²) in [5.41, 5.74) is 0.